The number of ether oxygens (including phenoxy) is 3. The van der Waals surface area contributed by atoms with Crippen LogP contribution in [0, 0.1) is 0 Å². The molecule has 0 N–H and O–H groups in total. The van der Waals surface area contributed by atoms with Gasteiger partial charge in [0.1, 0.15) is 11.9 Å². The molecule has 24 heavy (non-hydrogen) atoms. The Bertz CT molecular complexity index is 690. The normalized spacial score (nSPS) is 19.7. The molecule has 0 saturated heterocycles. The van der Waals surface area contributed by atoms with E-state index in [1.54, 1.807) is 13.8 Å². The zero-order valence-electron chi connectivity index (χ0n) is 13.8. The second-order valence-electron chi connectivity index (χ2n) is 5.27. The first-order valence-electron chi connectivity index (χ1n) is 7.47. The van der Waals surface area contributed by atoms with Crippen LogP contribution in [0.25, 0.3) is 0 Å². The molecule has 0 unspecified atom stereocenters. The van der Waals surface area contributed by atoms with E-state index >= 15 is 0 Å². The van der Waals surface area contributed by atoms with Crippen molar-refractivity contribution in [2.45, 2.75) is 25.9 Å². The third-order valence-electron chi connectivity index (χ3n) is 3.81. The van der Waals surface area contributed by atoms with Gasteiger partial charge in [0.05, 0.1) is 30.8 Å². The Balaban J connectivity index is 2.48. The number of allylic oxidation sites excluding steroid dienone is 1. The summed E-state index contributed by atoms with van der Waals surface area (Å²) in [6, 6.07) is 7.47. The standard InChI is InChI=1S/C18H19BrO5/c1-5-23-18(21)14-11(3)24-16(10(2)17(20)22-4)15(14)12-6-8-13(19)9-7-12/h6-9,15-16H,2,5H2,1,3-4H3/t15-,16+/m0/s1. The van der Waals surface area contributed by atoms with Crippen LogP contribution in [0.1, 0.15) is 25.3 Å². The van der Waals surface area contributed by atoms with E-state index in [1.807, 2.05) is 24.3 Å². The van der Waals surface area contributed by atoms with E-state index in [0.717, 1.165) is 10.0 Å². The summed E-state index contributed by atoms with van der Waals surface area (Å²) < 4.78 is 16.6. The molecule has 1 aliphatic heterocycles. The first kappa shape index (κ1) is 18.3. The molecule has 0 aromatic heterocycles. The number of esters is 2. The Labute approximate surface area is 149 Å². The van der Waals surface area contributed by atoms with Crippen LogP contribution in [-0.4, -0.2) is 31.8 Å². The summed E-state index contributed by atoms with van der Waals surface area (Å²) in [7, 11) is 1.28. The van der Waals surface area contributed by atoms with Crippen molar-refractivity contribution in [2.75, 3.05) is 13.7 Å². The Morgan fingerprint density at radius 1 is 1.29 bits per heavy atom. The van der Waals surface area contributed by atoms with Crippen molar-refractivity contribution >= 4 is 27.9 Å². The van der Waals surface area contributed by atoms with Crippen LogP contribution < -0.4 is 0 Å². The van der Waals surface area contributed by atoms with E-state index in [-0.39, 0.29) is 12.2 Å². The monoisotopic (exact) mass is 394 g/mol. The van der Waals surface area contributed by atoms with Gasteiger partial charge in [-0.2, -0.15) is 0 Å². The molecule has 1 aromatic rings. The molecule has 128 valence electrons. The molecular weight excluding hydrogens is 376 g/mol. The summed E-state index contributed by atoms with van der Waals surface area (Å²) in [6.07, 6.45) is -0.710. The van der Waals surface area contributed by atoms with Gasteiger partial charge in [0.25, 0.3) is 0 Å². The molecule has 1 aromatic carbocycles. The van der Waals surface area contributed by atoms with Crippen LogP contribution in [-0.2, 0) is 23.8 Å². The highest BCUT2D eigenvalue weighted by Gasteiger charge is 2.43. The van der Waals surface area contributed by atoms with Gasteiger partial charge in [0.2, 0.25) is 0 Å². The largest absolute Gasteiger partial charge is 0.489 e. The topological polar surface area (TPSA) is 61.8 Å². The van der Waals surface area contributed by atoms with Crippen molar-refractivity contribution in [2.24, 2.45) is 0 Å². The predicted molar refractivity (Wildman–Crippen MR) is 92.2 cm³/mol. The molecule has 0 bridgehead atoms. The van der Waals surface area contributed by atoms with Crippen LogP contribution in [0.2, 0.25) is 0 Å². The van der Waals surface area contributed by atoms with Crippen molar-refractivity contribution in [1.29, 1.82) is 0 Å². The lowest BCUT2D eigenvalue weighted by atomic mass is 9.84. The summed E-state index contributed by atoms with van der Waals surface area (Å²) in [5.41, 5.74) is 1.38. The number of carbonyl (C=O) groups is 2. The molecule has 0 saturated carbocycles. The average Bonchev–Trinajstić information content (AvgIpc) is 2.91. The Morgan fingerprint density at radius 2 is 1.92 bits per heavy atom. The fraction of sp³-hybridized carbons (Fsp3) is 0.333. The maximum atomic E-state index is 12.4. The number of rotatable bonds is 5. The molecule has 2 atom stereocenters. The third kappa shape index (κ3) is 3.53. The van der Waals surface area contributed by atoms with Gasteiger partial charge in [-0.3, -0.25) is 0 Å². The number of hydrogen-bond donors (Lipinski definition) is 0. The molecule has 0 aliphatic carbocycles. The van der Waals surface area contributed by atoms with E-state index in [1.165, 1.54) is 7.11 Å². The number of carbonyl (C=O) groups excluding carboxylic acids is 2. The van der Waals surface area contributed by atoms with Gasteiger partial charge in [0.15, 0.2) is 0 Å². The van der Waals surface area contributed by atoms with Crippen LogP contribution >= 0.6 is 15.9 Å². The van der Waals surface area contributed by atoms with Crippen molar-refractivity contribution < 1.29 is 23.8 Å². The smallest absolute Gasteiger partial charge is 0.338 e. The van der Waals surface area contributed by atoms with E-state index in [4.69, 9.17) is 14.2 Å². The lowest BCUT2D eigenvalue weighted by Crippen LogP contribution is -2.26. The van der Waals surface area contributed by atoms with Gasteiger partial charge in [0, 0.05) is 4.47 Å². The van der Waals surface area contributed by atoms with Crippen molar-refractivity contribution in [1.82, 2.24) is 0 Å². The van der Waals surface area contributed by atoms with Gasteiger partial charge in [-0.15, -0.1) is 0 Å². The summed E-state index contributed by atoms with van der Waals surface area (Å²) in [4.78, 5) is 24.3. The van der Waals surface area contributed by atoms with Gasteiger partial charge in [-0.05, 0) is 31.5 Å². The van der Waals surface area contributed by atoms with Gasteiger partial charge in [-0.25, -0.2) is 9.59 Å². The molecule has 0 fully saturated rings. The van der Waals surface area contributed by atoms with Crippen molar-refractivity contribution in [3.05, 3.63) is 57.8 Å². The summed E-state index contributed by atoms with van der Waals surface area (Å²) in [5, 5.41) is 0. The van der Waals surface area contributed by atoms with Crippen LogP contribution in [0.4, 0.5) is 0 Å². The zero-order chi connectivity index (χ0) is 17.9. The highest BCUT2D eigenvalue weighted by molar-refractivity contribution is 9.10. The first-order chi connectivity index (χ1) is 11.4. The summed E-state index contributed by atoms with van der Waals surface area (Å²) in [5.74, 6) is -1.08. The number of benzene rings is 1. The van der Waals surface area contributed by atoms with Gasteiger partial charge < -0.3 is 14.2 Å². The highest BCUT2D eigenvalue weighted by atomic mass is 79.9. The molecule has 1 heterocycles. The molecule has 6 heteroatoms. The number of halogens is 1. The summed E-state index contributed by atoms with van der Waals surface area (Å²) in [6.45, 7) is 7.47. The average molecular weight is 395 g/mol. The minimum Gasteiger partial charge on any atom is -0.489 e. The SMILES string of the molecule is C=C(C(=O)OC)[C@H]1OC(C)=C(C(=O)OCC)[C@@H]1c1ccc(Br)cc1. The van der Waals surface area contributed by atoms with Gasteiger partial charge in [-0.1, -0.05) is 34.6 Å². The minimum absolute atomic E-state index is 0.157. The van der Waals surface area contributed by atoms with Gasteiger partial charge >= 0.3 is 11.9 Å². The van der Waals surface area contributed by atoms with E-state index in [2.05, 4.69) is 22.5 Å². The van der Waals surface area contributed by atoms with Crippen LogP contribution in [0.15, 0.2) is 52.2 Å². The maximum absolute atomic E-state index is 12.4. The molecule has 0 spiro atoms. The van der Waals surface area contributed by atoms with E-state index in [9.17, 15) is 9.59 Å². The Morgan fingerprint density at radius 3 is 2.46 bits per heavy atom. The van der Waals surface area contributed by atoms with E-state index < -0.39 is 24.0 Å². The molecule has 5 nitrogen and oxygen atoms in total. The molecule has 0 radical (unpaired) electrons. The first-order valence-corrected chi connectivity index (χ1v) is 8.27. The summed E-state index contributed by atoms with van der Waals surface area (Å²) >= 11 is 3.39. The van der Waals surface area contributed by atoms with Crippen molar-refractivity contribution in [3.63, 3.8) is 0 Å². The predicted octanol–water partition coefficient (Wildman–Crippen LogP) is 3.50. The molecule has 0 amide bonds. The lowest BCUT2D eigenvalue weighted by Gasteiger charge is -2.22. The fourth-order valence-electron chi connectivity index (χ4n) is 2.70. The molecule has 1 aliphatic rings. The molecule has 2 rings (SSSR count). The maximum Gasteiger partial charge on any atom is 0.338 e. The third-order valence-corrected chi connectivity index (χ3v) is 4.34. The number of hydrogen-bond acceptors (Lipinski definition) is 5. The Kier molecular flexibility index (Phi) is 5.83. The van der Waals surface area contributed by atoms with Crippen molar-refractivity contribution in [3.8, 4) is 0 Å². The highest BCUT2D eigenvalue weighted by Crippen LogP contribution is 2.42. The van der Waals surface area contributed by atoms with Crippen LogP contribution in [0.3, 0.4) is 0 Å². The lowest BCUT2D eigenvalue weighted by molar-refractivity contribution is -0.139. The second kappa shape index (κ2) is 7.66. The Hall–Kier alpha value is -2.08. The number of methoxy groups -OCH3 is 1. The van der Waals surface area contributed by atoms with Crippen LogP contribution in [0.5, 0.6) is 0 Å². The zero-order valence-corrected chi connectivity index (χ0v) is 15.4. The minimum atomic E-state index is -0.710. The second-order valence-corrected chi connectivity index (χ2v) is 6.19. The van der Waals surface area contributed by atoms with E-state index in [0.29, 0.717) is 11.3 Å². The fourth-order valence-corrected chi connectivity index (χ4v) is 2.97. The molecular formula is C18H19BrO5. The quantitative estimate of drug-likeness (QED) is 0.564.